The highest BCUT2D eigenvalue weighted by Gasteiger charge is 2.32. The van der Waals surface area contributed by atoms with Gasteiger partial charge in [-0.3, -0.25) is 4.79 Å². The largest absolute Gasteiger partial charge is 0.373 e. The third-order valence-electron chi connectivity index (χ3n) is 2.18. The van der Waals surface area contributed by atoms with Crippen molar-refractivity contribution >= 4 is 5.78 Å². The van der Waals surface area contributed by atoms with Crippen molar-refractivity contribution in [1.82, 2.24) is 0 Å². The van der Waals surface area contributed by atoms with Crippen LogP contribution in [0, 0.1) is 5.92 Å². The molecule has 0 radical (unpaired) electrons. The second kappa shape index (κ2) is 2.20. The van der Waals surface area contributed by atoms with Crippen LogP contribution in [-0.4, -0.2) is 18.5 Å². The molecule has 0 aromatic rings. The zero-order chi connectivity index (χ0) is 6.97. The minimum atomic E-state index is 0.112. The Balaban J connectivity index is 2.14. The molecule has 2 atom stereocenters. The van der Waals surface area contributed by atoms with Crippen LogP contribution < -0.4 is 0 Å². The molecule has 0 amide bonds. The molecule has 0 aromatic heterocycles. The van der Waals surface area contributed by atoms with Gasteiger partial charge in [0.05, 0.1) is 12.0 Å². The molecule has 0 N–H and O–H groups in total. The fourth-order valence-electron chi connectivity index (χ4n) is 1.61. The minimum Gasteiger partial charge on any atom is -0.373 e. The Bertz CT molecular complexity index is 184. The number of carbonyl (C=O) groups is 1. The average Bonchev–Trinajstić information content (AvgIpc) is 2.34. The molecule has 54 valence electrons. The SMILES string of the molecule is O=C1C=CC2OCCCC12. The number of rotatable bonds is 0. The van der Waals surface area contributed by atoms with Crippen molar-refractivity contribution in [3.8, 4) is 0 Å². The van der Waals surface area contributed by atoms with Gasteiger partial charge < -0.3 is 4.74 Å². The van der Waals surface area contributed by atoms with E-state index in [0.29, 0.717) is 0 Å². The first-order valence-corrected chi connectivity index (χ1v) is 3.71. The van der Waals surface area contributed by atoms with Crippen LogP contribution in [-0.2, 0) is 9.53 Å². The topological polar surface area (TPSA) is 26.3 Å². The first-order valence-electron chi connectivity index (χ1n) is 3.71. The third-order valence-corrected chi connectivity index (χ3v) is 2.18. The fraction of sp³-hybridized carbons (Fsp3) is 0.625. The fourth-order valence-corrected chi connectivity index (χ4v) is 1.61. The number of hydrogen-bond donors (Lipinski definition) is 0. The van der Waals surface area contributed by atoms with Crippen LogP contribution in [0.15, 0.2) is 12.2 Å². The second-order valence-electron chi connectivity index (χ2n) is 2.85. The molecule has 1 fully saturated rings. The van der Waals surface area contributed by atoms with Gasteiger partial charge in [0.2, 0.25) is 0 Å². The average molecular weight is 138 g/mol. The molecule has 2 nitrogen and oxygen atoms in total. The Labute approximate surface area is 59.9 Å². The Morgan fingerprint density at radius 1 is 1.60 bits per heavy atom. The number of fused-ring (bicyclic) bond motifs is 1. The summed E-state index contributed by atoms with van der Waals surface area (Å²) in [4.78, 5) is 11.0. The van der Waals surface area contributed by atoms with E-state index in [4.69, 9.17) is 4.74 Å². The molecule has 0 aromatic carbocycles. The molecule has 2 rings (SSSR count). The molecular weight excluding hydrogens is 128 g/mol. The van der Waals surface area contributed by atoms with Crippen LogP contribution in [0.2, 0.25) is 0 Å². The molecule has 2 aliphatic rings. The van der Waals surface area contributed by atoms with Crippen molar-refractivity contribution in [2.45, 2.75) is 18.9 Å². The Kier molecular flexibility index (Phi) is 1.34. The van der Waals surface area contributed by atoms with Gasteiger partial charge in [0.1, 0.15) is 0 Å². The van der Waals surface area contributed by atoms with Gasteiger partial charge >= 0.3 is 0 Å². The van der Waals surface area contributed by atoms with Crippen molar-refractivity contribution in [2.75, 3.05) is 6.61 Å². The summed E-state index contributed by atoms with van der Waals surface area (Å²) in [6, 6.07) is 0. The van der Waals surface area contributed by atoms with Crippen molar-refractivity contribution in [2.24, 2.45) is 5.92 Å². The molecular formula is C8H10O2. The van der Waals surface area contributed by atoms with E-state index in [2.05, 4.69) is 0 Å². The number of hydrogen-bond acceptors (Lipinski definition) is 2. The Morgan fingerprint density at radius 3 is 3.30 bits per heavy atom. The summed E-state index contributed by atoms with van der Waals surface area (Å²) >= 11 is 0. The molecule has 0 saturated carbocycles. The van der Waals surface area contributed by atoms with E-state index in [1.807, 2.05) is 6.08 Å². The molecule has 10 heavy (non-hydrogen) atoms. The summed E-state index contributed by atoms with van der Waals surface area (Å²) in [5.41, 5.74) is 0. The van der Waals surface area contributed by atoms with Crippen molar-refractivity contribution in [3.05, 3.63) is 12.2 Å². The summed E-state index contributed by atoms with van der Waals surface area (Å²) in [5.74, 6) is 0.415. The lowest BCUT2D eigenvalue weighted by atomic mass is 9.96. The van der Waals surface area contributed by atoms with Gasteiger partial charge in [0.25, 0.3) is 0 Å². The second-order valence-corrected chi connectivity index (χ2v) is 2.85. The van der Waals surface area contributed by atoms with E-state index < -0.39 is 0 Å². The van der Waals surface area contributed by atoms with E-state index in [0.717, 1.165) is 19.4 Å². The van der Waals surface area contributed by atoms with Gasteiger partial charge in [-0.2, -0.15) is 0 Å². The third kappa shape index (κ3) is 0.797. The van der Waals surface area contributed by atoms with E-state index in [9.17, 15) is 4.79 Å². The van der Waals surface area contributed by atoms with Gasteiger partial charge in [0.15, 0.2) is 5.78 Å². The monoisotopic (exact) mass is 138 g/mol. The summed E-state index contributed by atoms with van der Waals surface area (Å²) in [7, 11) is 0. The van der Waals surface area contributed by atoms with Gasteiger partial charge in [-0.1, -0.05) is 6.08 Å². The van der Waals surface area contributed by atoms with E-state index >= 15 is 0 Å². The van der Waals surface area contributed by atoms with Crippen molar-refractivity contribution < 1.29 is 9.53 Å². The van der Waals surface area contributed by atoms with E-state index in [1.54, 1.807) is 6.08 Å². The van der Waals surface area contributed by atoms with Crippen LogP contribution in [0.1, 0.15) is 12.8 Å². The molecule has 1 saturated heterocycles. The normalized spacial score (nSPS) is 38.2. The number of carbonyl (C=O) groups excluding carboxylic acids is 1. The maximum Gasteiger partial charge on any atom is 0.161 e. The van der Waals surface area contributed by atoms with Gasteiger partial charge in [-0.25, -0.2) is 0 Å². The summed E-state index contributed by atoms with van der Waals surface area (Å²) in [6.07, 6.45) is 5.69. The molecule has 1 heterocycles. The first-order chi connectivity index (χ1) is 4.88. The van der Waals surface area contributed by atoms with Crippen LogP contribution >= 0.6 is 0 Å². The maximum absolute atomic E-state index is 11.0. The summed E-state index contributed by atoms with van der Waals surface area (Å²) < 4.78 is 5.36. The molecule has 1 aliphatic carbocycles. The number of ether oxygens (including phenoxy) is 1. The zero-order valence-corrected chi connectivity index (χ0v) is 5.75. The maximum atomic E-state index is 11.0. The molecule has 2 unspecified atom stereocenters. The smallest absolute Gasteiger partial charge is 0.161 e. The van der Waals surface area contributed by atoms with Crippen LogP contribution in [0.5, 0.6) is 0 Å². The molecule has 0 bridgehead atoms. The zero-order valence-electron chi connectivity index (χ0n) is 5.75. The highest BCUT2D eigenvalue weighted by Crippen LogP contribution is 2.27. The van der Waals surface area contributed by atoms with Gasteiger partial charge in [-0.15, -0.1) is 0 Å². The lowest BCUT2D eigenvalue weighted by molar-refractivity contribution is -0.122. The summed E-state index contributed by atoms with van der Waals surface area (Å²) in [5, 5.41) is 0. The van der Waals surface area contributed by atoms with Crippen LogP contribution in [0.4, 0.5) is 0 Å². The number of allylic oxidation sites excluding steroid dienone is 1. The predicted molar refractivity (Wildman–Crippen MR) is 36.6 cm³/mol. The number of ketones is 1. The highest BCUT2D eigenvalue weighted by atomic mass is 16.5. The van der Waals surface area contributed by atoms with Crippen molar-refractivity contribution in [1.29, 1.82) is 0 Å². The van der Waals surface area contributed by atoms with Crippen molar-refractivity contribution in [3.63, 3.8) is 0 Å². The lowest BCUT2D eigenvalue weighted by Crippen LogP contribution is -2.28. The summed E-state index contributed by atoms with van der Waals surface area (Å²) in [6.45, 7) is 0.818. The van der Waals surface area contributed by atoms with Gasteiger partial charge in [-0.05, 0) is 18.9 Å². The van der Waals surface area contributed by atoms with Gasteiger partial charge in [0, 0.05) is 6.61 Å². The first kappa shape index (κ1) is 6.10. The van der Waals surface area contributed by atoms with E-state index in [-0.39, 0.29) is 17.8 Å². The quantitative estimate of drug-likeness (QED) is 0.497. The van der Waals surface area contributed by atoms with Crippen LogP contribution in [0.25, 0.3) is 0 Å². The molecule has 1 aliphatic heterocycles. The van der Waals surface area contributed by atoms with Crippen LogP contribution in [0.3, 0.4) is 0 Å². The predicted octanol–water partition coefficient (Wildman–Crippen LogP) is 0.920. The highest BCUT2D eigenvalue weighted by molar-refractivity contribution is 5.95. The standard InChI is InChI=1S/C8H10O2/c9-7-3-4-8-6(7)2-1-5-10-8/h3-4,6,8H,1-2,5H2. The minimum absolute atomic E-state index is 0.112. The molecule has 2 heteroatoms. The molecule has 0 spiro atoms. The Hall–Kier alpha value is -0.630. The van der Waals surface area contributed by atoms with E-state index in [1.165, 1.54) is 0 Å². The lowest BCUT2D eigenvalue weighted by Gasteiger charge is -2.23. The Morgan fingerprint density at radius 2 is 2.50 bits per heavy atom.